The lowest BCUT2D eigenvalue weighted by Crippen LogP contribution is -2.25. The first-order valence-corrected chi connectivity index (χ1v) is 7.23. The molecule has 0 aromatic rings. The molecule has 0 spiro atoms. The molecule has 0 aliphatic heterocycles. The van der Waals surface area contributed by atoms with Gasteiger partial charge in [-0.05, 0) is 54.2 Å². The monoisotopic (exact) mass is 313 g/mol. The SMILES string of the molecule is C=C(C)C(=O)OCCN(C)C.C=CC(=O)NCCCN(C)C. The fraction of sp³-hybridized carbons (Fsp3) is 0.625. The van der Waals surface area contributed by atoms with Gasteiger partial charge in [-0.25, -0.2) is 4.79 Å². The van der Waals surface area contributed by atoms with E-state index in [0.717, 1.165) is 26.1 Å². The normalized spacial score (nSPS) is 9.77. The van der Waals surface area contributed by atoms with E-state index in [9.17, 15) is 9.59 Å². The molecule has 0 heterocycles. The van der Waals surface area contributed by atoms with E-state index in [1.807, 2.05) is 33.1 Å². The highest BCUT2D eigenvalue weighted by atomic mass is 16.5. The van der Waals surface area contributed by atoms with Gasteiger partial charge in [-0.15, -0.1) is 0 Å². The molecule has 6 nitrogen and oxygen atoms in total. The Morgan fingerprint density at radius 1 is 1.14 bits per heavy atom. The van der Waals surface area contributed by atoms with Crippen LogP contribution in [0.15, 0.2) is 24.8 Å². The molecule has 1 amide bonds. The minimum absolute atomic E-state index is 0.0937. The van der Waals surface area contributed by atoms with Crippen LogP contribution < -0.4 is 5.32 Å². The van der Waals surface area contributed by atoms with Gasteiger partial charge in [-0.3, -0.25) is 4.79 Å². The molecule has 0 saturated heterocycles. The van der Waals surface area contributed by atoms with Gasteiger partial charge in [0, 0.05) is 18.7 Å². The number of nitrogens with one attached hydrogen (secondary N) is 1. The highest BCUT2D eigenvalue weighted by molar-refractivity contribution is 5.87. The Labute approximate surface area is 134 Å². The topological polar surface area (TPSA) is 61.9 Å². The molecule has 0 unspecified atom stereocenters. The van der Waals surface area contributed by atoms with Crippen LogP contribution in [0.4, 0.5) is 0 Å². The van der Waals surface area contributed by atoms with Crippen LogP contribution in [-0.2, 0) is 14.3 Å². The van der Waals surface area contributed by atoms with E-state index in [-0.39, 0.29) is 11.9 Å². The van der Waals surface area contributed by atoms with Crippen molar-refractivity contribution in [2.45, 2.75) is 13.3 Å². The van der Waals surface area contributed by atoms with Crippen molar-refractivity contribution in [3.63, 3.8) is 0 Å². The summed E-state index contributed by atoms with van der Waals surface area (Å²) in [7, 11) is 7.87. The van der Waals surface area contributed by atoms with Crippen molar-refractivity contribution in [2.24, 2.45) is 0 Å². The second-order valence-corrected chi connectivity index (χ2v) is 5.37. The summed E-state index contributed by atoms with van der Waals surface area (Å²) in [5.41, 5.74) is 0.448. The van der Waals surface area contributed by atoms with Crippen molar-refractivity contribution < 1.29 is 14.3 Å². The van der Waals surface area contributed by atoms with Crippen LogP contribution in [0, 0.1) is 0 Å². The predicted molar refractivity (Wildman–Crippen MR) is 90.7 cm³/mol. The number of carbonyl (C=O) groups excluding carboxylic acids is 2. The van der Waals surface area contributed by atoms with E-state index in [1.54, 1.807) is 6.92 Å². The van der Waals surface area contributed by atoms with E-state index in [2.05, 4.69) is 23.4 Å². The lowest BCUT2D eigenvalue weighted by atomic mass is 10.4. The minimum Gasteiger partial charge on any atom is -0.461 e. The van der Waals surface area contributed by atoms with Crippen LogP contribution in [0.1, 0.15) is 13.3 Å². The molecule has 128 valence electrons. The number of esters is 1. The number of hydrogen-bond acceptors (Lipinski definition) is 5. The summed E-state index contributed by atoms with van der Waals surface area (Å²) in [6.07, 6.45) is 2.27. The van der Waals surface area contributed by atoms with E-state index in [1.165, 1.54) is 6.08 Å². The molecule has 0 aliphatic rings. The standard InChI is InChI=1S/C8H16N2O.C8H15NO2/c1-4-8(11)9-6-5-7-10(2)3;1-7(2)8(10)11-6-5-9(3)4/h4H,1,5-7H2,2-3H3,(H,9,11);1,5-6H2,2-4H3. The zero-order valence-corrected chi connectivity index (χ0v) is 14.6. The third-order valence-electron chi connectivity index (χ3n) is 2.39. The zero-order valence-electron chi connectivity index (χ0n) is 14.6. The Morgan fingerprint density at radius 2 is 1.68 bits per heavy atom. The summed E-state index contributed by atoms with van der Waals surface area (Å²) in [6.45, 7) is 11.4. The van der Waals surface area contributed by atoms with Crippen LogP contribution in [0.5, 0.6) is 0 Å². The Hall–Kier alpha value is -1.66. The summed E-state index contributed by atoms with van der Waals surface area (Å²) in [5.74, 6) is -0.407. The number of nitrogens with zero attached hydrogens (tertiary/aromatic N) is 2. The van der Waals surface area contributed by atoms with Gasteiger partial charge in [0.2, 0.25) is 5.91 Å². The van der Waals surface area contributed by atoms with Gasteiger partial charge in [-0.1, -0.05) is 13.2 Å². The fourth-order valence-electron chi connectivity index (χ4n) is 1.12. The Morgan fingerprint density at radius 3 is 2.09 bits per heavy atom. The third kappa shape index (κ3) is 18.3. The molecule has 0 aromatic carbocycles. The minimum atomic E-state index is -0.313. The highest BCUT2D eigenvalue weighted by Crippen LogP contribution is 1.91. The van der Waals surface area contributed by atoms with Gasteiger partial charge >= 0.3 is 5.97 Å². The smallest absolute Gasteiger partial charge is 0.333 e. The number of rotatable bonds is 9. The summed E-state index contributed by atoms with van der Waals surface area (Å²) < 4.78 is 4.83. The number of amides is 1. The molecule has 0 atom stereocenters. The Kier molecular flexibility index (Phi) is 14.7. The van der Waals surface area contributed by atoms with Crippen molar-refractivity contribution in [2.75, 3.05) is 54.4 Å². The van der Waals surface area contributed by atoms with E-state index >= 15 is 0 Å². The quantitative estimate of drug-likeness (QED) is 0.389. The van der Waals surface area contributed by atoms with Crippen molar-refractivity contribution in [3.05, 3.63) is 24.8 Å². The molecule has 0 aliphatic carbocycles. The van der Waals surface area contributed by atoms with Crippen molar-refractivity contribution in [1.82, 2.24) is 15.1 Å². The largest absolute Gasteiger partial charge is 0.461 e. The summed E-state index contributed by atoms with van der Waals surface area (Å²) in [6, 6.07) is 0. The zero-order chi connectivity index (χ0) is 17.5. The van der Waals surface area contributed by atoms with Gasteiger partial charge in [0.25, 0.3) is 0 Å². The molecular formula is C16H31N3O3. The fourth-order valence-corrected chi connectivity index (χ4v) is 1.12. The van der Waals surface area contributed by atoms with E-state index in [4.69, 9.17) is 4.74 Å². The number of likely N-dealkylation sites (N-methyl/N-ethyl adjacent to an activating group) is 1. The maximum absolute atomic E-state index is 10.8. The van der Waals surface area contributed by atoms with Crippen LogP contribution >= 0.6 is 0 Å². The predicted octanol–water partition coefficient (Wildman–Crippen LogP) is 0.908. The van der Waals surface area contributed by atoms with Gasteiger partial charge in [0.15, 0.2) is 0 Å². The Balaban J connectivity index is 0. The van der Waals surface area contributed by atoms with Crippen LogP contribution in [0.3, 0.4) is 0 Å². The molecule has 0 radical (unpaired) electrons. The Bertz CT molecular complexity index is 351. The molecule has 0 aromatic heterocycles. The molecule has 0 bridgehead atoms. The number of hydrogen-bond donors (Lipinski definition) is 1. The first-order chi connectivity index (χ1) is 10.2. The first kappa shape index (κ1) is 22.6. The summed E-state index contributed by atoms with van der Waals surface area (Å²) in [5, 5.41) is 2.70. The average molecular weight is 313 g/mol. The van der Waals surface area contributed by atoms with Crippen LogP contribution in [0.25, 0.3) is 0 Å². The van der Waals surface area contributed by atoms with E-state index < -0.39 is 0 Å². The molecule has 0 rings (SSSR count). The second kappa shape index (κ2) is 14.3. The lowest BCUT2D eigenvalue weighted by molar-refractivity contribution is -0.139. The highest BCUT2D eigenvalue weighted by Gasteiger charge is 2.01. The average Bonchev–Trinajstić information content (AvgIpc) is 2.43. The third-order valence-corrected chi connectivity index (χ3v) is 2.39. The lowest BCUT2D eigenvalue weighted by Gasteiger charge is -2.09. The number of carbonyl (C=O) groups is 2. The maximum Gasteiger partial charge on any atom is 0.333 e. The van der Waals surface area contributed by atoms with Crippen LogP contribution in [0.2, 0.25) is 0 Å². The molecule has 0 fully saturated rings. The maximum atomic E-state index is 10.8. The molecular weight excluding hydrogens is 282 g/mol. The van der Waals surface area contributed by atoms with Gasteiger partial charge < -0.3 is 19.9 Å². The first-order valence-electron chi connectivity index (χ1n) is 7.23. The van der Waals surface area contributed by atoms with Gasteiger partial charge in [-0.2, -0.15) is 0 Å². The van der Waals surface area contributed by atoms with Gasteiger partial charge in [0.05, 0.1) is 0 Å². The summed E-state index contributed by atoms with van der Waals surface area (Å²) >= 11 is 0. The molecule has 0 saturated carbocycles. The molecule has 22 heavy (non-hydrogen) atoms. The number of ether oxygens (including phenoxy) is 1. The molecule has 1 N–H and O–H groups in total. The van der Waals surface area contributed by atoms with Crippen molar-refractivity contribution in [3.8, 4) is 0 Å². The van der Waals surface area contributed by atoms with Crippen molar-refractivity contribution >= 4 is 11.9 Å². The van der Waals surface area contributed by atoms with Crippen molar-refractivity contribution in [1.29, 1.82) is 0 Å². The second-order valence-electron chi connectivity index (χ2n) is 5.37. The van der Waals surface area contributed by atoms with E-state index in [0.29, 0.717) is 12.2 Å². The van der Waals surface area contributed by atoms with Gasteiger partial charge in [0.1, 0.15) is 6.61 Å². The van der Waals surface area contributed by atoms with Crippen LogP contribution in [-0.4, -0.2) is 76.1 Å². The molecule has 6 heteroatoms. The summed E-state index contributed by atoms with van der Waals surface area (Å²) in [4.78, 5) is 25.4.